The first-order valence-electron chi connectivity index (χ1n) is 9.27. The van der Waals surface area contributed by atoms with Gasteiger partial charge in [-0.2, -0.15) is 0 Å². The number of hydrogen-bond donors (Lipinski definition) is 1. The summed E-state index contributed by atoms with van der Waals surface area (Å²) in [5, 5.41) is 2.16. The topological polar surface area (TPSA) is 41.6 Å². The van der Waals surface area contributed by atoms with Gasteiger partial charge in [0.25, 0.3) is 0 Å². The lowest BCUT2D eigenvalue weighted by atomic mass is 10.1. The van der Waals surface area contributed by atoms with Crippen LogP contribution in [0, 0.1) is 13.8 Å². The summed E-state index contributed by atoms with van der Waals surface area (Å²) in [6.45, 7) is 4.27. The van der Waals surface area contributed by atoms with Crippen LogP contribution in [0.25, 0.3) is 44.1 Å². The summed E-state index contributed by atoms with van der Waals surface area (Å²) in [6.07, 6.45) is 1.81. The zero-order valence-electron chi connectivity index (χ0n) is 15.7. The minimum absolute atomic E-state index is 0.923. The number of thiazole rings is 1. The molecule has 28 heavy (non-hydrogen) atoms. The quantitative estimate of drug-likeness (QED) is 0.381. The molecule has 5 aromatic rings. The number of aromatic nitrogens is 3. The fourth-order valence-electron chi connectivity index (χ4n) is 3.56. The zero-order valence-corrected chi connectivity index (χ0v) is 16.5. The molecule has 0 aliphatic rings. The Bertz CT molecular complexity index is 1280. The van der Waals surface area contributed by atoms with Gasteiger partial charge < -0.3 is 4.98 Å². The highest BCUT2D eigenvalue weighted by Gasteiger charge is 2.13. The third-order valence-electron chi connectivity index (χ3n) is 5.01. The highest BCUT2D eigenvalue weighted by Crippen LogP contribution is 2.34. The standard InChI is InChI=1S/C24H19N3S/c1-15-7-3-4-8-19(15)22-14-18-13-17(10-11-20(18)26-22)23-16(2)28-24(27-23)21-9-5-6-12-25-21/h3-14,26H,1-2H3. The molecule has 1 N–H and O–H groups in total. The first-order chi connectivity index (χ1) is 13.7. The largest absolute Gasteiger partial charge is 0.355 e. The Morgan fingerprint density at radius 1 is 0.893 bits per heavy atom. The minimum atomic E-state index is 0.923. The maximum absolute atomic E-state index is 4.88. The van der Waals surface area contributed by atoms with Gasteiger partial charge in [0, 0.05) is 38.8 Å². The molecule has 0 aliphatic heterocycles. The van der Waals surface area contributed by atoms with Gasteiger partial charge in [-0.3, -0.25) is 4.98 Å². The molecule has 3 heterocycles. The van der Waals surface area contributed by atoms with Crippen molar-refractivity contribution in [2.24, 2.45) is 0 Å². The van der Waals surface area contributed by atoms with Crippen molar-refractivity contribution in [2.75, 3.05) is 0 Å². The maximum atomic E-state index is 4.88. The van der Waals surface area contributed by atoms with Crippen molar-refractivity contribution in [3.8, 4) is 33.2 Å². The Kier molecular flexibility index (Phi) is 4.06. The summed E-state index contributed by atoms with van der Waals surface area (Å²) in [5.41, 5.74) is 7.89. The average molecular weight is 382 g/mol. The van der Waals surface area contributed by atoms with Gasteiger partial charge in [-0.15, -0.1) is 11.3 Å². The second-order valence-corrected chi connectivity index (χ2v) is 8.14. The van der Waals surface area contributed by atoms with E-state index in [0.717, 1.165) is 33.2 Å². The van der Waals surface area contributed by atoms with Crippen molar-refractivity contribution in [1.29, 1.82) is 0 Å². The predicted octanol–water partition coefficient (Wildman–Crippen LogP) is 6.64. The number of nitrogens with one attached hydrogen (secondary N) is 1. The second kappa shape index (κ2) is 6.73. The Morgan fingerprint density at radius 2 is 1.75 bits per heavy atom. The molecule has 0 saturated heterocycles. The number of aryl methyl sites for hydroxylation is 2. The van der Waals surface area contributed by atoms with E-state index < -0.39 is 0 Å². The second-order valence-electron chi connectivity index (χ2n) is 6.94. The molecular weight excluding hydrogens is 362 g/mol. The third-order valence-corrected chi connectivity index (χ3v) is 6.00. The Labute approximate surface area is 167 Å². The van der Waals surface area contributed by atoms with Crippen LogP contribution in [0.15, 0.2) is 72.9 Å². The smallest absolute Gasteiger partial charge is 0.142 e. The Balaban J connectivity index is 1.57. The normalized spacial score (nSPS) is 11.2. The lowest BCUT2D eigenvalue weighted by molar-refractivity contribution is 1.29. The maximum Gasteiger partial charge on any atom is 0.142 e. The van der Waals surface area contributed by atoms with Crippen molar-refractivity contribution in [2.45, 2.75) is 13.8 Å². The Hall–Kier alpha value is -3.24. The van der Waals surface area contributed by atoms with Crippen LogP contribution in [-0.2, 0) is 0 Å². The van der Waals surface area contributed by atoms with E-state index in [1.54, 1.807) is 11.3 Å². The molecule has 0 bridgehead atoms. The van der Waals surface area contributed by atoms with E-state index in [0.29, 0.717) is 0 Å². The van der Waals surface area contributed by atoms with Crippen LogP contribution in [-0.4, -0.2) is 15.0 Å². The van der Waals surface area contributed by atoms with Crippen molar-refractivity contribution in [1.82, 2.24) is 15.0 Å². The van der Waals surface area contributed by atoms with Crippen LogP contribution in [0.3, 0.4) is 0 Å². The first-order valence-corrected chi connectivity index (χ1v) is 10.1. The van der Waals surface area contributed by atoms with Gasteiger partial charge in [0.05, 0.1) is 11.4 Å². The van der Waals surface area contributed by atoms with E-state index in [9.17, 15) is 0 Å². The molecule has 0 spiro atoms. The molecule has 0 amide bonds. The zero-order chi connectivity index (χ0) is 19.1. The molecule has 0 radical (unpaired) electrons. The van der Waals surface area contributed by atoms with Gasteiger partial charge >= 0.3 is 0 Å². The number of aromatic amines is 1. The SMILES string of the molecule is Cc1ccccc1-c1cc2cc(-c3nc(-c4ccccn4)sc3C)ccc2[nH]1. The molecule has 3 aromatic heterocycles. The molecule has 0 unspecified atom stereocenters. The fraction of sp³-hybridized carbons (Fsp3) is 0.0833. The number of hydrogen-bond acceptors (Lipinski definition) is 3. The number of pyridine rings is 1. The summed E-state index contributed by atoms with van der Waals surface area (Å²) in [4.78, 5) is 14.1. The molecule has 2 aromatic carbocycles. The molecule has 3 nitrogen and oxygen atoms in total. The average Bonchev–Trinajstić information content (AvgIpc) is 3.32. The van der Waals surface area contributed by atoms with E-state index in [1.807, 2.05) is 24.4 Å². The van der Waals surface area contributed by atoms with Gasteiger partial charge in [0.1, 0.15) is 5.01 Å². The Morgan fingerprint density at radius 3 is 2.57 bits per heavy atom. The molecule has 0 aliphatic carbocycles. The van der Waals surface area contributed by atoms with E-state index in [1.165, 1.54) is 21.4 Å². The van der Waals surface area contributed by atoms with E-state index in [4.69, 9.17) is 4.98 Å². The van der Waals surface area contributed by atoms with Crippen LogP contribution in [0.2, 0.25) is 0 Å². The molecule has 136 valence electrons. The molecule has 0 fully saturated rings. The number of rotatable bonds is 3. The third kappa shape index (κ3) is 2.92. The number of benzene rings is 2. The van der Waals surface area contributed by atoms with Gasteiger partial charge in [0.15, 0.2) is 0 Å². The summed E-state index contributed by atoms with van der Waals surface area (Å²) < 4.78 is 0. The van der Waals surface area contributed by atoms with Crippen molar-refractivity contribution in [3.63, 3.8) is 0 Å². The van der Waals surface area contributed by atoms with Crippen LogP contribution in [0.5, 0.6) is 0 Å². The van der Waals surface area contributed by atoms with Gasteiger partial charge in [0.2, 0.25) is 0 Å². The van der Waals surface area contributed by atoms with E-state index in [2.05, 4.69) is 72.3 Å². The molecule has 0 saturated carbocycles. The van der Waals surface area contributed by atoms with Gasteiger partial charge in [-0.25, -0.2) is 4.98 Å². The van der Waals surface area contributed by atoms with Crippen LogP contribution < -0.4 is 0 Å². The minimum Gasteiger partial charge on any atom is -0.355 e. The summed E-state index contributed by atoms with van der Waals surface area (Å²) >= 11 is 1.69. The molecular formula is C24H19N3S. The van der Waals surface area contributed by atoms with Crippen molar-refractivity contribution < 1.29 is 0 Å². The van der Waals surface area contributed by atoms with Gasteiger partial charge in [-0.1, -0.05) is 36.4 Å². The molecule has 0 atom stereocenters. The lowest BCUT2D eigenvalue weighted by Crippen LogP contribution is -1.83. The monoisotopic (exact) mass is 381 g/mol. The van der Waals surface area contributed by atoms with Crippen LogP contribution >= 0.6 is 11.3 Å². The number of H-pyrrole nitrogens is 1. The molecule has 5 rings (SSSR count). The fourth-order valence-corrected chi connectivity index (χ4v) is 4.48. The van der Waals surface area contributed by atoms with Crippen LogP contribution in [0.4, 0.5) is 0 Å². The lowest BCUT2D eigenvalue weighted by Gasteiger charge is -2.01. The predicted molar refractivity (Wildman–Crippen MR) is 118 cm³/mol. The van der Waals surface area contributed by atoms with Gasteiger partial charge in [-0.05, 0) is 49.7 Å². The first kappa shape index (κ1) is 16.9. The highest BCUT2D eigenvalue weighted by molar-refractivity contribution is 7.15. The molecule has 4 heteroatoms. The number of fused-ring (bicyclic) bond motifs is 1. The van der Waals surface area contributed by atoms with Crippen molar-refractivity contribution in [3.05, 3.63) is 83.4 Å². The van der Waals surface area contributed by atoms with Crippen LogP contribution in [0.1, 0.15) is 10.4 Å². The van der Waals surface area contributed by atoms with E-state index in [-0.39, 0.29) is 0 Å². The summed E-state index contributed by atoms with van der Waals surface area (Å²) in [5.74, 6) is 0. The van der Waals surface area contributed by atoms with Crippen molar-refractivity contribution >= 4 is 22.2 Å². The van der Waals surface area contributed by atoms with E-state index >= 15 is 0 Å². The summed E-state index contributed by atoms with van der Waals surface area (Å²) in [6, 6.07) is 23.1. The highest BCUT2D eigenvalue weighted by atomic mass is 32.1. The number of nitrogens with zero attached hydrogens (tertiary/aromatic N) is 2. The summed E-state index contributed by atoms with van der Waals surface area (Å²) in [7, 11) is 0.